The number of fused-ring (bicyclic) bond motifs is 20. The zero-order valence-corrected chi connectivity index (χ0v) is 61.5. The number of hydrogen-bond acceptors (Lipinski definition) is 9. The maximum atomic E-state index is 6.97. The number of para-hydroxylation sites is 2. The fraction of sp³-hybridized carbons (Fsp3) is 0.0583. The lowest BCUT2D eigenvalue weighted by atomic mass is 9.65. The van der Waals surface area contributed by atoms with E-state index in [-0.39, 0.29) is 0 Å². The van der Waals surface area contributed by atoms with Gasteiger partial charge in [0.1, 0.15) is 28.8 Å². The van der Waals surface area contributed by atoms with Crippen LogP contribution in [0.2, 0.25) is 0 Å². The molecule has 9 heteroatoms. The normalized spacial score (nSPS) is 15.0. The molecule has 112 heavy (non-hydrogen) atoms. The van der Waals surface area contributed by atoms with Gasteiger partial charge in [0.25, 0.3) is 0 Å². The van der Waals surface area contributed by atoms with Gasteiger partial charge < -0.3 is 9.47 Å². The first-order chi connectivity index (χ1) is 55.2. The summed E-state index contributed by atoms with van der Waals surface area (Å²) >= 11 is 0. The summed E-state index contributed by atoms with van der Waals surface area (Å²) in [7, 11) is 0. The molecule has 2 spiro atoms. The van der Waals surface area contributed by atoms with Crippen LogP contribution in [0.5, 0.6) is 23.0 Å². The fourth-order valence-electron chi connectivity index (χ4n) is 18.7. The Morgan fingerprint density at radius 2 is 0.804 bits per heavy atom. The molecule has 0 bridgehead atoms. The van der Waals surface area contributed by atoms with Gasteiger partial charge in [-0.2, -0.15) is 0 Å². The van der Waals surface area contributed by atoms with E-state index >= 15 is 0 Å². The fourth-order valence-corrected chi connectivity index (χ4v) is 18.7. The van der Waals surface area contributed by atoms with Crippen LogP contribution in [0.4, 0.5) is 0 Å². The largest absolute Gasteiger partial charge is 0.457 e. The van der Waals surface area contributed by atoms with Crippen LogP contribution in [0.15, 0.2) is 340 Å². The van der Waals surface area contributed by atoms with E-state index < -0.39 is 10.8 Å². The maximum absolute atomic E-state index is 6.97. The molecule has 4 aromatic heterocycles. The predicted octanol–water partition coefficient (Wildman–Crippen LogP) is 24.5. The van der Waals surface area contributed by atoms with E-state index in [1.165, 1.54) is 27.8 Å². The second-order valence-electron chi connectivity index (χ2n) is 29.8. The minimum atomic E-state index is -0.738. The molecule has 2 aliphatic carbocycles. The highest BCUT2D eigenvalue weighted by Crippen LogP contribution is 2.66. The molecular weight excluding hydrogens is 1370 g/mol. The van der Waals surface area contributed by atoms with Crippen molar-refractivity contribution in [3.63, 3.8) is 0 Å². The van der Waals surface area contributed by atoms with Gasteiger partial charge in [-0.3, -0.25) is 9.97 Å². The third-order valence-electron chi connectivity index (χ3n) is 23.7. The summed E-state index contributed by atoms with van der Waals surface area (Å²) in [6.07, 6.45) is 6.55. The lowest BCUT2D eigenvalue weighted by Gasteiger charge is -2.39. The highest BCUT2D eigenvalue weighted by molar-refractivity contribution is 6.00. The molecule has 0 saturated heterocycles. The van der Waals surface area contributed by atoms with Crippen LogP contribution in [-0.4, -0.2) is 34.9 Å². The molecule has 6 heterocycles. The van der Waals surface area contributed by atoms with Crippen molar-refractivity contribution in [1.29, 1.82) is 0 Å². The van der Waals surface area contributed by atoms with E-state index in [9.17, 15) is 0 Å². The summed E-state index contributed by atoms with van der Waals surface area (Å²) in [6.45, 7) is 6.26. The average molecular weight is 1430 g/mol. The predicted molar refractivity (Wildman–Crippen MR) is 448 cm³/mol. The first-order valence-electron chi connectivity index (χ1n) is 38.2. The van der Waals surface area contributed by atoms with Crippen LogP contribution < -0.4 is 9.47 Å². The number of aryl methyl sites for hydroxylation is 2. The highest BCUT2D eigenvalue weighted by Gasteiger charge is 2.53. The van der Waals surface area contributed by atoms with Gasteiger partial charge in [0.2, 0.25) is 0 Å². The lowest BCUT2D eigenvalue weighted by molar-refractivity contribution is 0.436. The Balaban J connectivity index is 0.624. The Kier molecular flexibility index (Phi) is 14.7. The number of pyridine rings is 2. The SMILES string of the molecule is Cc1nc(-c2ccc3c(c2)-c2ccccc2C32c3ccccc3Oc3ccc(-c4cccc(-c5cncc(Cc6cccc(-c7cc(-c8cccc9c8-c8ccccc8C98c9ccccc9Oc9ccc(-c%10cccnc%10C)cc98)nc(-c8cccc9ccccc89)n7)c6)c5C)c4)cc32)nc(-c2cccc3ccccc23)n1. The van der Waals surface area contributed by atoms with Crippen LogP contribution in [0, 0.1) is 20.8 Å². The smallest absolute Gasteiger partial charge is 0.164 e. The van der Waals surface area contributed by atoms with E-state index in [4.69, 9.17) is 44.4 Å². The van der Waals surface area contributed by atoms with Crippen LogP contribution >= 0.6 is 0 Å². The Bertz CT molecular complexity index is 7010. The van der Waals surface area contributed by atoms with Crippen molar-refractivity contribution in [2.45, 2.75) is 38.0 Å². The maximum Gasteiger partial charge on any atom is 0.164 e. The van der Waals surface area contributed by atoms with Gasteiger partial charge in [0, 0.05) is 85.5 Å². The van der Waals surface area contributed by atoms with Crippen molar-refractivity contribution in [2.24, 2.45) is 0 Å². The van der Waals surface area contributed by atoms with Gasteiger partial charge >= 0.3 is 0 Å². The Morgan fingerprint density at radius 1 is 0.295 bits per heavy atom. The standard InChI is InChI=1S/C103H67N7O2/c1-61-73(59-104-60-83(61)69-28-17-27-67(54-69)68-46-49-96-90(56-68)102(87-40-12-14-43-94(87)111-96)84-38-10-8-32-77(84)82-55-72(45-48-86(82)102)99-106-63(3)107-100(110-99)78-34-18-25-65-23-4-6-30-75(65)78)53-64-22-16-29-71(52-64)92-58-93(109-101(108-92)79-35-19-26-66-24-5-7-31-76(66)79)81-36-20-42-89-98(81)80-33-9-11-39-85(80)103(89)88-41-13-15-44-95(88)112-97-50-47-70(57-91(97)103)74-37-21-51-105-62(74)2/h4-52,54-60H,53H2,1-3H3. The zero-order chi connectivity index (χ0) is 74.3. The minimum Gasteiger partial charge on any atom is -0.457 e. The average Bonchev–Trinajstić information content (AvgIpc) is 1.50. The third-order valence-corrected chi connectivity index (χ3v) is 23.7. The zero-order valence-electron chi connectivity index (χ0n) is 61.5. The third kappa shape index (κ3) is 9.92. The number of benzene rings is 14. The molecule has 2 atom stereocenters. The van der Waals surface area contributed by atoms with Crippen LogP contribution in [0.1, 0.15) is 72.7 Å². The second-order valence-corrected chi connectivity index (χ2v) is 29.8. The second kappa shape index (κ2) is 25.4. The van der Waals surface area contributed by atoms with E-state index in [0.29, 0.717) is 29.7 Å². The van der Waals surface area contributed by atoms with E-state index in [2.05, 4.69) is 329 Å². The van der Waals surface area contributed by atoms with Crippen LogP contribution in [0.3, 0.4) is 0 Å². The summed E-state index contributed by atoms with van der Waals surface area (Å²) in [5.41, 5.74) is 29.6. The van der Waals surface area contributed by atoms with Gasteiger partial charge in [-0.15, -0.1) is 0 Å². The Morgan fingerprint density at radius 3 is 1.55 bits per heavy atom. The molecule has 526 valence electrons. The molecule has 2 unspecified atom stereocenters. The summed E-state index contributed by atoms with van der Waals surface area (Å²) in [6, 6.07) is 116. The van der Waals surface area contributed by atoms with Crippen molar-refractivity contribution in [2.75, 3.05) is 0 Å². The first-order valence-corrected chi connectivity index (χ1v) is 38.2. The topological polar surface area (TPSA) is 109 Å². The van der Waals surface area contributed by atoms with Crippen LogP contribution in [0.25, 0.3) is 134 Å². The monoisotopic (exact) mass is 1430 g/mol. The molecule has 9 nitrogen and oxygen atoms in total. The molecular formula is C103H67N7O2. The summed E-state index contributed by atoms with van der Waals surface area (Å²) in [5.74, 6) is 5.91. The summed E-state index contributed by atoms with van der Waals surface area (Å²) < 4.78 is 13.9. The van der Waals surface area contributed by atoms with Gasteiger partial charge in [0.05, 0.1) is 22.2 Å². The Hall–Kier alpha value is -14.4. The van der Waals surface area contributed by atoms with E-state index in [0.717, 1.165) is 178 Å². The number of aromatic nitrogens is 7. The van der Waals surface area contributed by atoms with Crippen molar-refractivity contribution in [3.05, 3.63) is 413 Å². The van der Waals surface area contributed by atoms with Crippen molar-refractivity contribution in [1.82, 2.24) is 34.9 Å². The first kappa shape index (κ1) is 64.7. The molecule has 0 saturated carbocycles. The Labute approximate surface area is 648 Å². The van der Waals surface area contributed by atoms with Crippen molar-refractivity contribution < 1.29 is 9.47 Å². The van der Waals surface area contributed by atoms with Gasteiger partial charge in [-0.25, -0.2) is 24.9 Å². The van der Waals surface area contributed by atoms with E-state index in [1.54, 1.807) is 0 Å². The molecule has 18 aromatic rings. The van der Waals surface area contributed by atoms with Crippen LogP contribution in [-0.2, 0) is 17.3 Å². The summed E-state index contributed by atoms with van der Waals surface area (Å²) in [5, 5.41) is 4.45. The molecule has 0 N–H and O–H groups in total. The summed E-state index contributed by atoms with van der Waals surface area (Å²) in [4.78, 5) is 36.1. The number of nitrogens with zero attached hydrogens (tertiary/aromatic N) is 7. The number of ether oxygens (including phenoxy) is 2. The molecule has 0 fully saturated rings. The molecule has 0 amide bonds. The highest BCUT2D eigenvalue weighted by atomic mass is 16.5. The quantitative estimate of drug-likeness (QED) is 0.132. The van der Waals surface area contributed by atoms with Gasteiger partial charge in [-0.1, -0.05) is 255 Å². The molecule has 14 aromatic carbocycles. The van der Waals surface area contributed by atoms with E-state index in [1.807, 2.05) is 31.6 Å². The lowest BCUT2D eigenvalue weighted by Crippen LogP contribution is -2.32. The van der Waals surface area contributed by atoms with Gasteiger partial charge in [-0.05, 0) is 199 Å². The molecule has 2 aliphatic heterocycles. The van der Waals surface area contributed by atoms with Crippen molar-refractivity contribution >= 4 is 21.5 Å². The molecule has 4 aliphatic rings. The number of hydrogen-bond donors (Lipinski definition) is 0. The van der Waals surface area contributed by atoms with Gasteiger partial charge in [0.15, 0.2) is 17.5 Å². The number of rotatable bonds is 10. The molecule has 22 rings (SSSR count). The minimum absolute atomic E-state index is 0.631. The van der Waals surface area contributed by atoms with Crippen molar-refractivity contribution in [3.8, 4) is 135 Å². The molecule has 0 radical (unpaired) electrons.